The van der Waals surface area contributed by atoms with Gasteiger partial charge in [-0.2, -0.15) is 0 Å². The van der Waals surface area contributed by atoms with Crippen LogP contribution in [-0.4, -0.2) is 23.3 Å². The molecule has 124 valence electrons. The van der Waals surface area contributed by atoms with Gasteiger partial charge in [0.15, 0.2) is 0 Å². The van der Waals surface area contributed by atoms with Crippen LogP contribution in [-0.2, 0) is 9.59 Å². The molecule has 23 heavy (non-hydrogen) atoms. The number of amides is 1. The van der Waals surface area contributed by atoms with E-state index in [0.717, 1.165) is 12.8 Å². The summed E-state index contributed by atoms with van der Waals surface area (Å²) in [5.74, 6) is -0.262. The molecule has 0 saturated heterocycles. The normalized spacial score (nSPS) is 9.96. The van der Waals surface area contributed by atoms with Crippen molar-refractivity contribution in [2.45, 2.75) is 32.6 Å². The number of nitro groups is 1. The zero-order valence-corrected chi connectivity index (χ0v) is 13.0. The van der Waals surface area contributed by atoms with Crippen LogP contribution in [0.5, 0.6) is 5.75 Å². The number of nitro benzene ring substituents is 1. The Kier molecular flexibility index (Phi) is 7.45. The highest BCUT2D eigenvalue weighted by Crippen LogP contribution is 2.18. The average molecular weight is 320 g/mol. The van der Waals surface area contributed by atoms with E-state index >= 15 is 0 Å². The Labute approximate surface area is 134 Å². The van der Waals surface area contributed by atoms with Crippen molar-refractivity contribution in [1.29, 1.82) is 0 Å². The Morgan fingerprint density at radius 2 is 1.87 bits per heavy atom. The molecule has 7 nitrogen and oxygen atoms in total. The van der Waals surface area contributed by atoms with E-state index in [9.17, 15) is 19.7 Å². The molecule has 0 aliphatic rings. The van der Waals surface area contributed by atoms with Gasteiger partial charge in [-0.05, 0) is 31.9 Å². The molecule has 0 aliphatic heterocycles. The third-order valence-electron chi connectivity index (χ3n) is 3.01. The molecule has 0 fully saturated rings. The molecule has 1 aromatic rings. The summed E-state index contributed by atoms with van der Waals surface area (Å²) in [7, 11) is 0. The molecule has 1 rings (SSSR count). The van der Waals surface area contributed by atoms with E-state index in [1.54, 1.807) is 6.92 Å². The Morgan fingerprint density at radius 3 is 2.43 bits per heavy atom. The van der Waals surface area contributed by atoms with Crippen molar-refractivity contribution in [1.82, 2.24) is 5.32 Å². The molecule has 0 heterocycles. The van der Waals surface area contributed by atoms with Gasteiger partial charge in [-0.3, -0.25) is 19.7 Å². The fourth-order valence-corrected chi connectivity index (χ4v) is 1.74. The first-order valence-electron chi connectivity index (χ1n) is 7.29. The Bertz CT molecular complexity index is 581. The smallest absolute Gasteiger partial charge is 0.311 e. The zero-order valence-electron chi connectivity index (χ0n) is 13.0. The predicted octanol–water partition coefficient (Wildman–Crippen LogP) is 2.75. The molecule has 7 heteroatoms. The van der Waals surface area contributed by atoms with Gasteiger partial charge in [0, 0.05) is 30.7 Å². The first kappa shape index (κ1) is 18.3. The van der Waals surface area contributed by atoms with E-state index in [-0.39, 0.29) is 29.7 Å². The first-order valence-corrected chi connectivity index (χ1v) is 7.29. The Hall–Kier alpha value is -2.70. The summed E-state index contributed by atoms with van der Waals surface area (Å²) >= 11 is 0. The molecule has 0 radical (unpaired) electrons. The standard InChI is InChI=1S/C16H20N2O5/c1-12(2)16(20)17-11-5-3-4-6-15(19)23-14-9-7-13(8-10-14)18(21)22/h7-10H,1,3-6,11H2,2H3,(H,17,20). The molecule has 0 saturated carbocycles. The summed E-state index contributed by atoms with van der Waals surface area (Å²) in [6, 6.07) is 5.35. The highest BCUT2D eigenvalue weighted by atomic mass is 16.6. The fraction of sp³-hybridized carbons (Fsp3) is 0.375. The van der Waals surface area contributed by atoms with Crippen molar-refractivity contribution < 1.29 is 19.2 Å². The topological polar surface area (TPSA) is 98.5 Å². The van der Waals surface area contributed by atoms with E-state index in [4.69, 9.17) is 4.74 Å². The molecule has 0 bridgehead atoms. The summed E-state index contributed by atoms with van der Waals surface area (Å²) in [5.41, 5.74) is 0.415. The van der Waals surface area contributed by atoms with Gasteiger partial charge in [0.25, 0.3) is 5.69 Å². The lowest BCUT2D eigenvalue weighted by Gasteiger charge is -2.05. The zero-order chi connectivity index (χ0) is 17.2. The second kappa shape index (κ2) is 9.34. The van der Waals surface area contributed by atoms with Crippen LogP contribution in [0, 0.1) is 10.1 Å². The number of esters is 1. The van der Waals surface area contributed by atoms with Crippen molar-refractivity contribution >= 4 is 17.6 Å². The summed E-state index contributed by atoms with van der Waals surface area (Å²) in [5, 5.41) is 13.2. The maximum absolute atomic E-state index is 11.6. The minimum Gasteiger partial charge on any atom is -0.427 e. The summed E-state index contributed by atoms with van der Waals surface area (Å²) in [6.45, 7) is 5.72. The van der Waals surface area contributed by atoms with Gasteiger partial charge >= 0.3 is 5.97 Å². The van der Waals surface area contributed by atoms with Crippen molar-refractivity contribution in [2.24, 2.45) is 0 Å². The maximum atomic E-state index is 11.6. The number of hydrogen-bond donors (Lipinski definition) is 1. The third-order valence-corrected chi connectivity index (χ3v) is 3.01. The van der Waals surface area contributed by atoms with Crippen LogP contribution < -0.4 is 10.1 Å². The van der Waals surface area contributed by atoms with E-state index in [2.05, 4.69) is 11.9 Å². The number of unbranched alkanes of at least 4 members (excludes halogenated alkanes) is 2. The van der Waals surface area contributed by atoms with Gasteiger partial charge in [-0.15, -0.1) is 0 Å². The molecule has 1 aromatic carbocycles. The lowest BCUT2D eigenvalue weighted by molar-refractivity contribution is -0.384. The van der Waals surface area contributed by atoms with Crippen LogP contribution >= 0.6 is 0 Å². The maximum Gasteiger partial charge on any atom is 0.311 e. The number of nitrogens with one attached hydrogen (secondary N) is 1. The first-order chi connectivity index (χ1) is 10.9. The largest absolute Gasteiger partial charge is 0.427 e. The van der Waals surface area contributed by atoms with E-state index in [1.807, 2.05) is 0 Å². The molecule has 0 unspecified atom stereocenters. The number of non-ortho nitro benzene ring substituents is 1. The van der Waals surface area contributed by atoms with E-state index in [1.165, 1.54) is 24.3 Å². The fourth-order valence-electron chi connectivity index (χ4n) is 1.74. The van der Waals surface area contributed by atoms with Crippen LogP contribution in [0.15, 0.2) is 36.4 Å². The molecular weight excluding hydrogens is 300 g/mol. The number of rotatable bonds is 9. The predicted molar refractivity (Wildman–Crippen MR) is 85.0 cm³/mol. The van der Waals surface area contributed by atoms with Crippen molar-refractivity contribution in [3.63, 3.8) is 0 Å². The Morgan fingerprint density at radius 1 is 1.22 bits per heavy atom. The van der Waals surface area contributed by atoms with Crippen LogP contribution in [0.3, 0.4) is 0 Å². The second-order valence-electron chi connectivity index (χ2n) is 5.07. The van der Waals surface area contributed by atoms with Gasteiger partial charge < -0.3 is 10.1 Å². The number of ether oxygens (including phenoxy) is 1. The molecule has 0 atom stereocenters. The number of carbonyl (C=O) groups excluding carboxylic acids is 2. The molecular formula is C16H20N2O5. The van der Waals surface area contributed by atoms with Crippen LogP contribution in [0.25, 0.3) is 0 Å². The SMILES string of the molecule is C=C(C)C(=O)NCCCCCC(=O)Oc1ccc([N+](=O)[O-])cc1. The van der Waals surface area contributed by atoms with Gasteiger partial charge in [-0.1, -0.05) is 13.0 Å². The minimum absolute atomic E-state index is 0.0541. The van der Waals surface area contributed by atoms with Gasteiger partial charge in [0.1, 0.15) is 5.75 Å². The molecule has 1 N–H and O–H groups in total. The number of nitrogens with zero attached hydrogens (tertiary/aromatic N) is 1. The van der Waals surface area contributed by atoms with Crippen LogP contribution in [0.2, 0.25) is 0 Å². The third kappa shape index (κ3) is 7.21. The van der Waals surface area contributed by atoms with Gasteiger partial charge in [0.05, 0.1) is 4.92 Å². The van der Waals surface area contributed by atoms with Gasteiger partial charge in [-0.25, -0.2) is 0 Å². The van der Waals surface area contributed by atoms with E-state index < -0.39 is 4.92 Å². The highest BCUT2D eigenvalue weighted by molar-refractivity contribution is 5.91. The number of carbonyl (C=O) groups is 2. The molecule has 0 spiro atoms. The minimum atomic E-state index is -0.516. The van der Waals surface area contributed by atoms with Crippen molar-refractivity contribution in [3.8, 4) is 5.75 Å². The van der Waals surface area contributed by atoms with Crippen molar-refractivity contribution in [3.05, 3.63) is 46.5 Å². The van der Waals surface area contributed by atoms with Crippen LogP contribution in [0.4, 0.5) is 5.69 Å². The Balaban J connectivity index is 2.18. The number of benzene rings is 1. The van der Waals surface area contributed by atoms with Gasteiger partial charge in [0.2, 0.25) is 5.91 Å². The monoisotopic (exact) mass is 320 g/mol. The summed E-state index contributed by atoms with van der Waals surface area (Å²) in [4.78, 5) is 32.8. The molecule has 0 aliphatic carbocycles. The molecule has 1 amide bonds. The van der Waals surface area contributed by atoms with Crippen molar-refractivity contribution in [2.75, 3.05) is 6.54 Å². The number of hydrogen-bond acceptors (Lipinski definition) is 5. The highest BCUT2D eigenvalue weighted by Gasteiger charge is 2.08. The summed E-state index contributed by atoms with van der Waals surface area (Å²) < 4.78 is 5.08. The second-order valence-corrected chi connectivity index (χ2v) is 5.07. The lowest BCUT2D eigenvalue weighted by Crippen LogP contribution is -2.24. The van der Waals surface area contributed by atoms with E-state index in [0.29, 0.717) is 18.5 Å². The summed E-state index contributed by atoms with van der Waals surface area (Å²) in [6.07, 6.45) is 2.45. The van der Waals surface area contributed by atoms with Crippen LogP contribution in [0.1, 0.15) is 32.6 Å². The molecule has 0 aromatic heterocycles. The average Bonchev–Trinajstić information content (AvgIpc) is 2.50. The lowest BCUT2D eigenvalue weighted by atomic mass is 10.2. The quantitative estimate of drug-likeness (QED) is 0.188.